The molecule has 5 heteroatoms. The fourth-order valence-corrected chi connectivity index (χ4v) is 3.50. The average molecular weight is 376 g/mol. The van der Waals surface area contributed by atoms with Crippen molar-refractivity contribution in [3.63, 3.8) is 0 Å². The van der Waals surface area contributed by atoms with Gasteiger partial charge < -0.3 is 5.32 Å². The number of anilines is 1. The second kappa shape index (κ2) is 6.49. The third-order valence-electron chi connectivity index (χ3n) is 4.66. The quantitative estimate of drug-likeness (QED) is 0.553. The molecule has 0 fully saturated rings. The predicted molar refractivity (Wildman–Crippen MR) is 104 cm³/mol. The van der Waals surface area contributed by atoms with Crippen LogP contribution in [0.3, 0.4) is 0 Å². The highest BCUT2D eigenvalue weighted by Crippen LogP contribution is 2.34. The number of benzene rings is 3. The SMILES string of the molecule is Cc1ccc2c(c1NC(=O)c1ccccc1Cl)C(=O)c1ccccc1C2=O. The van der Waals surface area contributed by atoms with Crippen LogP contribution in [-0.2, 0) is 0 Å². The van der Waals surface area contributed by atoms with Gasteiger partial charge in [-0.1, -0.05) is 54.1 Å². The minimum absolute atomic E-state index is 0.221. The van der Waals surface area contributed by atoms with Crippen LogP contribution in [0.1, 0.15) is 47.8 Å². The molecule has 4 nitrogen and oxygen atoms in total. The predicted octanol–water partition coefficient (Wildman–Crippen LogP) is 4.68. The van der Waals surface area contributed by atoms with E-state index in [-0.39, 0.29) is 17.1 Å². The lowest BCUT2D eigenvalue weighted by atomic mass is 9.82. The Balaban J connectivity index is 1.84. The summed E-state index contributed by atoms with van der Waals surface area (Å²) in [4.78, 5) is 38.6. The second-order valence-corrected chi connectivity index (χ2v) is 6.73. The molecular weight excluding hydrogens is 362 g/mol. The topological polar surface area (TPSA) is 63.2 Å². The van der Waals surface area contributed by atoms with E-state index < -0.39 is 5.91 Å². The molecule has 3 aromatic rings. The van der Waals surface area contributed by atoms with E-state index in [2.05, 4.69) is 5.32 Å². The van der Waals surface area contributed by atoms with Crippen molar-refractivity contribution >= 4 is 34.8 Å². The molecule has 1 aliphatic carbocycles. The van der Waals surface area contributed by atoms with Crippen molar-refractivity contribution in [3.05, 3.63) is 99.1 Å². The number of carbonyl (C=O) groups is 3. The van der Waals surface area contributed by atoms with Crippen LogP contribution in [0.25, 0.3) is 0 Å². The number of aryl methyl sites for hydroxylation is 1. The summed E-state index contributed by atoms with van der Waals surface area (Å²) in [6, 6.07) is 16.7. The van der Waals surface area contributed by atoms with Gasteiger partial charge >= 0.3 is 0 Å². The Morgan fingerprint density at radius 2 is 1.44 bits per heavy atom. The zero-order chi connectivity index (χ0) is 19.1. The van der Waals surface area contributed by atoms with Gasteiger partial charge in [-0.25, -0.2) is 0 Å². The smallest absolute Gasteiger partial charge is 0.257 e. The van der Waals surface area contributed by atoms with Gasteiger partial charge in [-0.3, -0.25) is 14.4 Å². The van der Waals surface area contributed by atoms with Gasteiger partial charge in [0, 0.05) is 16.7 Å². The standard InChI is InChI=1S/C22H14ClNO3/c1-12-10-11-16-18(21(26)14-7-3-2-6-13(14)20(16)25)19(12)24-22(27)15-8-4-5-9-17(15)23/h2-11H,1H3,(H,24,27). The third kappa shape index (κ3) is 2.75. The van der Waals surface area contributed by atoms with Crippen molar-refractivity contribution in [3.8, 4) is 0 Å². The fourth-order valence-electron chi connectivity index (χ4n) is 3.28. The van der Waals surface area contributed by atoms with E-state index in [1.54, 1.807) is 67.6 Å². The van der Waals surface area contributed by atoms with Crippen molar-refractivity contribution in [2.45, 2.75) is 6.92 Å². The Labute approximate surface area is 160 Å². The number of amides is 1. The molecule has 1 aliphatic rings. The molecule has 0 spiro atoms. The van der Waals surface area contributed by atoms with Gasteiger partial charge in [0.1, 0.15) is 0 Å². The van der Waals surface area contributed by atoms with Crippen LogP contribution in [0.2, 0.25) is 5.02 Å². The van der Waals surface area contributed by atoms with Crippen molar-refractivity contribution < 1.29 is 14.4 Å². The van der Waals surface area contributed by atoms with Crippen molar-refractivity contribution in [1.29, 1.82) is 0 Å². The molecule has 4 rings (SSSR count). The van der Waals surface area contributed by atoms with E-state index >= 15 is 0 Å². The minimum atomic E-state index is -0.434. The summed E-state index contributed by atoms with van der Waals surface area (Å²) < 4.78 is 0. The Hall–Kier alpha value is -3.24. The normalized spacial score (nSPS) is 12.4. The number of fused-ring (bicyclic) bond motifs is 2. The molecule has 0 aromatic heterocycles. The van der Waals surface area contributed by atoms with Gasteiger partial charge in [-0.2, -0.15) is 0 Å². The van der Waals surface area contributed by atoms with Crippen LogP contribution in [-0.4, -0.2) is 17.5 Å². The number of halogens is 1. The number of hydrogen-bond donors (Lipinski definition) is 1. The van der Waals surface area contributed by atoms with Gasteiger partial charge in [-0.05, 0) is 30.7 Å². The maximum absolute atomic E-state index is 13.1. The summed E-state index contributed by atoms with van der Waals surface area (Å²) in [5.41, 5.74) is 2.56. The van der Waals surface area contributed by atoms with Crippen LogP contribution >= 0.6 is 11.6 Å². The van der Waals surface area contributed by atoms with Crippen molar-refractivity contribution in [2.75, 3.05) is 5.32 Å². The second-order valence-electron chi connectivity index (χ2n) is 6.32. The number of carbonyl (C=O) groups excluding carboxylic acids is 3. The molecule has 0 atom stereocenters. The zero-order valence-electron chi connectivity index (χ0n) is 14.4. The number of hydrogen-bond acceptors (Lipinski definition) is 3. The number of ketones is 2. The first-order chi connectivity index (χ1) is 13.0. The molecule has 0 unspecified atom stereocenters. The fraction of sp³-hybridized carbons (Fsp3) is 0.0455. The third-order valence-corrected chi connectivity index (χ3v) is 4.99. The Morgan fingerprint density at radius 3 is 2.15 bits per heavy atom. The minimum Gasteiger partial charge on any atom is -0.321 e. The highest BCUT2D eigenvalue weighted by molar-refractivity contribution is 6.35. The van der Waals surface area contributed by atoms with Crippen molar-refractivity contribution in [1.82, 2.24) is 0 Å². The molecule has 27 heavy (non-hydrogen) atoms. The van der Waals surface area contributed by atoms with E-state index in [1.807, 2.05) is 0 Å². The first kappa shape index (κ1) is 17.2. The van der Waals surface area contributed by atoms with E-state index in [4.69, 9.17) is 11.6 Å². The van der Waals surface area contributed by atoms with E-state index in [1.165, 1.54) is 0 Å². The molecular formula is C22H14ClNO3. The summed E-state index contributed by atoms with van der Waals surface area (Å²) in [6.07, 6.45) is 0. The van der Waals surface area contributed by atoms with Gasteiger partial charge in [-0.15, -0.1) is 0 Å². The number of nitrogens with one attached hydrogen (secondary N) is 1. The average Bonchev–Trinajstić information content (AvgIpc) is 2.68. The molecule has 3 aromatic carbocycles. The molecule has 0 aliphatic heterocycles. The Morgan fingerprint density at radius 1 is 0.815 bits per heavy atom. The molecule has 0 heterocycles. The summed E-state index contributed by atoms with van der Waals surface area (Å²) in [6.45, 7) is 1.78. The highest BCUT2D eigenvalue weighted by atomic mass is 35.5. The highest BCUT2D eigenvalue weighted by Gasteiger charge is 2.32. The first-order valence-electron chi connectivity index (χ1n) is 8.37. The molecule has 0 bridgehead atoms. The summed E-state index contributed by atoms with van der Waals surface area (Å²) in [5, 5.41) is 3.09. The van der Waals surface area contributed by atoms with Crippen molar-refractivity contribution in [2.24, 2.45) is 0 Å². The van der Waals surface area contributed by atoms with Crippen LogP contribution < -0.4 is 5.32 Å². The van der Waals surface area contributed by atoms with Gasteiger partial charge in [0.2, 0.25) is 0 Å². The summed E-state index contributed by atoms with van der Waals surface area (Å²) >= 11 is 6.11. The maximum atomic E-state index is 13.1. The molecule has 1 amide bonds. The Kier molecular flexibility index (Phi) is 4.13. The molecule has 0 saturated carbocycles. The van der Waals surface area contributed by atoms with Crippen LogP contribution in [0, 0.1) is 6.92 Å². The molecule has 0 radical (unpaired) electrons. The van der Waals surface area contributed by atoms with E-state index in [0.717, 1.165) is 0 Å². The summed E-state index contributed by atoms with van der Waals surface area (Å²) in [7, 11) is 0. The lowest BCUT2D eigenvalue weighted by molar-refractivity contribution is 0.0978. The van der Waals surface area contributed by atoms with E-state index in [0.29, 0.717) is 38.5 Å². The van der Waals surface area contributed by atoms with E-state index in [9.17, 15) is 14.4 Å². The van der Waals surface area contributed by atoms with Crippen LogP contribution in [0.15, 0.2) is 60.7 Å². The maximum Gasteiger partial charge on any atom is 0.257 e. The lowest BCUT2D eigenvalue weighted by Gasteiger charge is -2.22. The monoisotopic (exact) mass is 375 g/mol. The van der Waals surface area contributed by atoms with Crippen LogP contribution in [0.5, 0.6) is 0 Å². The zero-order valence-corrected chi connectivity index (χ0v) is 15.1. The lowest BCUT2D eigenvalue weighted by Crippen LogP contribution is -2.24. The first-order valence-corrected chi connectivity index (χ1v) is 8.74. The molecule has 132 valence electrons. The van der Waals surface area contributed by atoms with Gasteiger partial charge in [0.05, 0.1) is 21.8 Å². The van der Waals surface area contributed by atoms with Crippen LogP contribution in [0.4, 0.5) is 5.69 Å². The van der Waals surface area contributed by atoms with Gasteiger partial charge in [0.25, 0.3) is 5.91 Å². The molecule has 0 saturated heterocycles. The Bertz CT molecular complexity index is 1130. The summed E-state index contributed by atoms with van der Waals surface area (Å²) in [5.74, 6) is -0.942. The largest absolute Gasteiger partial charge is 0.321 e. The molecule has 1 N–H and O–H groups in total. The number of rotatable bonds is 2. The van der Waals surface area contributed by atoms with Gasteiger partial charge in [0.15, 0.2) is 11.6 Å².